The van der Waals surface area contributed by atoms with Gasteiger partial charge in [0.1, 0.15) is 0 Å². The molecule has 1 aromatic heterocycles. The van der Waals surface area contributed by atoms with Gasteiger partial charge >= 0.3 is 0 Å². The number of aryl methyl sites for hydroxylation is 2. The molecule has 3 rings (SSSR count). The maximum atomic E-state index is 12.7. The summed E-state index contributed by atoms with van der Waals surface area (Å²) in [6.45, 7) is 7.94. The SMILES string of the molecule is Cc1ccc(-c2ccc(C(=O)N3CCC[C@H](C)C3)c(C)n2)cc1. The summed E-state index contributed by atoms with van der Waals surface area (Å²) in [7, 11) is 0. The summed E-state index contributed by atoms with van der Waals surface area (Å²) in [6, 6.07) is 12.2. The van der Waals surface area contributed by atoms with Gasteiger partial charge in [-0.3, -0.25) is 9.78 Å². The molecule has 1 aliphatic heterocycles. The molecule has 0 saturated carbocycles. The number of benzene rings is 1. The molecule has 0 aliphatic carbocycles. The lowest BCUT2D eigenvalue weighted by Crippen LogP contribution is -2.39. The van der Waals surface area contributed by atoms with E-state index in [-0.39, 0.29) is 5.91 Å². The third kappa shape index (κ3) is 3.44. The predicted octanol–water partition coefficient (Wildman–Crippen LogP) is 4.24. The average Bonchev–Trinajstić information content (AvgIpc) is 2.55. The molecule has 120 valence electrons. The van der Waals surface area contributed by atoms with Crippen molar-refractivity contribution in [3.8, 4) is 11.3 Å². The van der Waals surface area contributed by atoms with Gasteiger partial charge in [-0.25, -0.2) is 0 Å². The Morgan fingerprint density at radius 3 is 2.52 bits per heavy atom. The number of aromatic nitrogens is 1. The number of pyridine rings is 1. The normalized spacial score (nSPS) is 18.0. The minimum atomic E-state index is 0.122. The first kappa shape index (κ1) is 15.7. The molecule has 1 fully saturated rings. The van der Waals surface area contributed by atoms with E-state index < -0.39 is 0 Å². The van der Waals surface area contributed by atoms with Crippen LogP contribution < -0.4 is 0 Å². The third-order valence-electron chi connectivity index (χ3n) is 4.61. The number of nitrogens with zero attached hydrogens (tertiary/aromatic N) is 2. The number of piperidine rings is 1. The van der Waals surface area contributed by atoms with Crippen molar-refractivity contribution in [3.63, 3.8) is 0 Å². The van der Waals surface area contributed by atoms with Crippen molar-refractivity contribution in [2.75, 3.05) is 13.1 Å². The molecule has 1 saturated heterocycles. The lowest BCUT2D eigenvalue weighted by atomic mass is 9.99. The van der Waals surface area contributed by atoms with Crippen molar-refractivity contribution in [2.24, 2.45) is 5.92 Å². The Kier molecular flexibility index (Phi) is 4.46. The van der Waals surface area contributed by atoms with Crippen LogP contribution >= 0.6 is 0 Å². The van der Waals surface area contributed by atoms with Gasteiger partial charge in [-0.1, -0.05) is 36.8 Å². The van der Waals surface area contributed by atoms with Crippen LogP contribution in [0.25, 0.3) is 11.3 Å². The van der Waals surface area contributed by atoms with Gasteiger partial charge in [0.25, 0.3) is 5.91 Å². The molecule has 2 aromatic rings. The smallest absolute Gasteiger partial charge is 0.255 e. The molecule has 0 radical (unpaired) electrons. The summed E-state index contributed by atoms with van der Waals surface area (Å²) in [5.74, 6) is 0.713. The van der Waals surface area contributed by atoms with Crippen molar-refractivity contribution in [3.05, 3.63) is 53.2 Å². The lowest BCUT2D eigenvalue weighted by Gasteiger charge is -2.31. The van der Waals surface area contributed by atoms with E-state index in [1.54, 1.807) is 0 Å². The second-order valence-electron chi connectivity index (χ2n) is 6.69. The Morgan fingerprint density at radius 1 is 1.13 bits per heavy atom. The van der Waals surface area contributed by atoms with Crippen LogP contribution in [0.3, 0.4) is 0 Å². The standard InChI is InChI=1S/C20H24N2O/c1-14-6-8-17(9-7-14)19-11-10-18(16(3)21-19)20(23)22-12-4-5-15(2)13-22/h6-11,15H,4-5,12-13H2,1-3H3/t15-/m0/s1. The predicted molar refractivity (Wildman–Crippen MR) is 93.4 cm³/mol. The van der Waals surface area contributed by atoms with Crippen LogP contribution in [0.4, 0.5) is 0 Å². The van der Waals surface area contributed by atoms with Crippen molar-refractivity contribution in [1.29, 1.82) is 0 Å². The van der Waals surface area contributed by atoms with Gasteiger partial charge < -0.3 is 4.90 Å². The monoisotopic (exact) mass is 308 g/mol. The molecule has 1 atom stereocenters. The minimum absolute atomic E-state index is 0.122. The number of hydrogen-bond donors (Lipinski definition) is 0. The van der Waals surface area contributed by atoms with Crippen molar-refractivity contribution >= 4 is 5.91 Å². The second-order valence-corrected chi connectivity index (χ2v) is 6.69. The van der Waals surface area contributed by atoms with E-state index >= 15 is 0 Å². The molecular weight excluding hydrogens is 284 g/mol. The van der Waals surface area contributed by atoms with Gasteiger partial charge in [0.2, 0.25) is 0 Å². The van der Waals surface area contributed by atoms with Crippen molar-refractivity contribution < 1.29 is 4.79 Å². The molecule has 0 bridgehead atoms. The summed E-state index contributed by atoms with van der Waals surface area (Å²) < 4.78 is 0. The molecule has 3 heteroatoms. The van der Waals surface area contributed by atoms with Crippen molar-refractivity contribution in [1.82, 2.24) is 9.88 Å². The van der Waals surface area contributed by atoms with Gasteiger partial charge in [0.15, 0.2) is 0 Å². The highest BCUT2D eigenvalue weighted by molar-refractivity contribution is 5.95. The van der Waals surface area contributed by atoms with Crippen molar-refractivity contribution in [2.45, 2.75) is 33.6 Å². The molecule has 2 heterocycles. The van der Waals surface area contributed by atoms with Crippen LogP contribution in [0.15, 0.2) is 36.4 Å². The highest BCUT2D eigenvalue weighted by atomic mass is 16.2. The van der Waals surface area contributed by atoms with Crippen LogP contribution in [0, 0.1) is 19.8 Å². The highest BCUT2D eigenvalue weighted by Crippen LogP contribution is 2.22. The fraction of sp³-hybridized carbons (Fsp3) is 0.400. The zero-order valence-corrected chi connectivity index (χ0v) is 14.2. The molecule has 0 spiro atoms. The number of rotatable bonds is 2. The largest absolute Gasteiger partial charge is 0.338 e. The number of carbonyl (C=O) groups is 1. The van der Waals surface area contributed by atoms with Crippen LogP contribution in [-0.4, -0.2) is 28.9 Å². The van der Waals surface area contributed by atoms with Crippen LogP contribution in [0.1, 0.15) is 41.4 Å². The summed E-state index contributed by atoms with van der Waals surface area (Å²) in [5, 5.41) is 0. The topological polar surface area (TPSA) is 33.2 Å². The number of amides is 1. The Labute approximate surface area is 138 Å². The molecule has 23 heavy (non-hydrogen) atoms. The van der Waals surface area contributed by atoms with Crippen LogP contribution in [0.5, 0.6) is 0 Å². The number of hydrogen-bond acceptors (Lipinski definition) is 2. The molecule has 3 nitrogen and oxygen atoms in total. The third-order valence-corrected chi connectivity index (χ3v) is 4.61. The Morgan fingerprint density at radius 2 is 1.87 bits per heavy atom. The van der Waals surface area contributed by atoms with E-state index in [9.17, 15) is 4.79 Å². The average molecular weight is 308 g/mol. The first-order chi connectivity index (χ1) is 11.0. The quantitative estimate of drug-likeness (QED) is 0.831. The Balaban J connectivity index is 1.84. The van der Waals surface area contributed by atoms with Crippen LogP contribution in [0.2, 0.25) is 0 Å². The van der Waals surface area contributed by atoms with E-state index in [1.807, 2.05) is 24.0 Å². The van der Waals surface area contributed by atoms with Gasteiger partial charge in [-0.05, 0) is 44.7 Å². The first-order valence-electron chi connectivity index (χ1n) is 8.38. The Bertz CT molecular complexity index is 706. The van der Waals surface area contributed by atoms with E-state index in [1.165, 1.54) is 12.0 Å². The number of likely N-dealkylation sites (tertiary alicyclic amines) is 1. The minimum Gasteiger partial charge on any atom is -0.338 e. The molecule has 1 amide bonds. The summed E-state index contributed by atoms with van der Waals surface area (Å²) in [4.78, 5) is 19.4. The maximum Gasteiger partial charge on any atom is 0.255 e. The van der Waals surface area contributed by atoms with E-state index in [0.29, 0.717) is 5.92 Å². The number of carbonyl (C=O) groups excluding carboxylic acids is 1. The summed E-state index contributed by atoms with van der Waals surface area (Å²) in [6.07, 6.45) is 2.31. The van der Waals surface area contributed by atoms with Gasteiger partial charge in [-0.15, -0.1) is 0 Å². The van der Waals surface area contributed by atoms with Crippen LogP contribution in [-0.2, 0) is 0 Å². The molecular formula is C20H24N2O. The zero-order chi connectivity index (χ0) is 16.4. The summed E-state index contributed by atoms with van der Waals surface area (Å²) in [5.41, 5.74) is 4.79. The highest BCUT2D eigenvalue weighted by Gasteiger charge is 2.23. The molecule has 0 unspecified atom stereocenters. The fourth-order valence-corrected chi connectivity index (χ4v) is 3.22. The zero-order valence-electron chi connectivity index (χ0n) is 14.2. The molecule has 1 aromatic carbocycles. The second kappa shape index (κ2) is 6.53. The fourth-order valence-electron chi connectivity index (χ4n) is 3.22. The first-order valence-corrected chi connectivity index (χ1v) is 8.38. The lowest BCUT2D eigenvalue weighted by molar-refractivity contribution is 0.0682. The molecule has 1 aliphatic rings. The van der Waals surface area contributed by atoms with E-state index in [4.69, 9.17) is 0 Å². The van der Waals surface area contributed by atoms with Gasteiger partial charge in [0.05, 0.1) is 17.0 Å². The van der Waals surface area contributed by atoms with Gasteiger partial charge in [-0.2, -0.15) is 0 Å². The van der Waals surface area contributed by atoms with E-state index in [0.717, 1.165) is 42.0 Å². The van der Waals surface area contributed by atoms with Gasteiger partial charge in [0, 0.05) is 18.7 Å². The maximum absolute atomic E-state index is 12.7. The molecule has 0 N–H and O–H groups in total. The Hall–Kier alpha value is -2.16. The summed E-state index contributed by atoms with van der Waals surface area (Å²) >= 11 is 0. The van der Waals surface area contributed by atoms with E-state index in [2.05, 4.69) is 43.1 Å².